The number of hydrogen-bond donors (Lipinski definition) is 3. The lowest BCUT2D eigenvalue weighted by Gasteiger charge is -2.70. The van der Waals surface area contributed by atoms with E-state index >= 15 is 0 Å². The van der Waals surface area contributed by atoms with Crippen molar-refractivity contribution in [3.63, 3.8) is 0 Å². The number of ether oxygens (including phenoxy) is 6. The number of nitrogens with zero attached hydrogens (tertiary/aromatic N) is 1. The molecule has 1 spiro atoms. The van der Waals surface area contributed by atoms with E-state index in [4.69, 9.17) is 28.4 Å². The van der Waals surface area contributed by atoms with Gasteiger partial charge in [0.15, 0.2) is 5.60 Å². The van der Waals surface area contributed by atoms with Crippen molar-refractivity contribution in [2.24, 2.45) is 34.5 Å². The third-order valence-corrected chi connectivity index (χ3v) is 13.2. The molecule has 12 nitrogen and oxygen atoms in total. The van der Waals surface area contributed by atoms with Gasteiger partial charge in [-0.15, -0.1) is 0 Å². The van der Waals surface area contributed by atoms with Gasteiger partial charge in [0.05, 0.1) is 30.5 Å². The first-order chi connectivity index (χ1) is 22.0. The van der Waals surface area contributed by atoms with Crippen LogP contribution < -0.4 is 0 Å². The van der Waals surface area contributed by atoms with Crippen LogP contribution in [0.4, 0.5) is 0 Å². The molecule has 0 radical (unpaired) electrons. The summed E-state index contributed by atoms with van der Waals surface area (Å²) in [7, 11) is 6.27. The smallest absolute Gasteiger partial charge is 0.338 e. The van der Waals surface area contributed by atoms with E-state index in [1.54, 1.807) is 51.7 Å². The van der Waals surface area contributed by atoms with Crippen molar-refractivity contribution in [2.45, 2.75) is 80.6 Å². The normalized spacial score (nSPS) is 49.9. The molecule has 0 amide bonds. The van der Waals surface area contributed by atoms with Gasteiger partial charge in [-0.25, -0.2) is 4.79 Å². The second-order valence-corrected chi connectivity index (χ2v) is 14.4. The monoisotopic (exact) mass is 645 g/mol. The first kappa shape index (κ1) is 32.4. The van der Waals surface area contributed by atoms with Gasteiger partial charge in [0, 0.05) is 83.0 Å². The molecule has 1 aromatic carbocycles. The lowest BCUT2D eigenvalue weighted by molar-refractivity contribution is -0.322. The van der Waals surface area contributed by atoms with Crippen molar-refractivity contribution < 1.29 is 53.3 Å². The lowest BCUT2D eigenvalue weighted by Crippen LogP contribution is -2.81. The molecule has 0 aromatic heterocycles. The number of rotatable bonds is 9. The molecule has 6 aliphatic rings. The molecule has 254 valence electrons. The number of aliphatic hydroxyl groups is 3. The molecule has 1 saturated heterocycles. The standard InChI is InChI=1S/C34H47NO11/c1-7-35-15-31(16-41-3)20(37)13-21(42-4)33-19-14-32(40)28(45-30(39)18-11-9-8-10-12-18)22(19)34(46-17(2)36,27(38)29(32)44-6)23(26(33)35)24(43-5)25(31)33/h8-12,19-29,37-38,40H,7,13-16H2,1-6H3/t19-,20-,21-,22-,23?,24+,25?,26+,27+,28-,29+,31+,32-,33?,34-/m1/s1. The van der Waals surface area contributed by atoms with Crippen molar-refractivity contribution >= 4 is 11.9 Å². The van der Waals surface area contributed by atoms with Crippen LogP contribution in [-0.2, 0) is 33.2 Å². The second kappa shape index (κ2) is 10.9. The van der Waals surface area contributed by atoms with Crippen LogP contribution in [0.5, 0.6) is 0 Å². The van der Waals surface area contributed by atoms with Gasteiger partial charge in [0.25, 0.3) is 0 Å². The van der Waals surface area contributed by atoms with Crippen LogP contribution in [0.15, 0.2) is 30.3 Å². The highest BCUT2D eigenvalue weighted by Gasteiger charge is 2.92. The van der Waals surface area contributed by atoms with E-state index in [-0.39, 0.29) is 25.0 Å². The Labute approximate surface area is 269 Å². The minimum absolute atomic E-state index is 0.0791. The van der Waals surface area contributed by atoms with E-state index in [0.29, 0.717) is 25.1 Å². The first-order valence-electron chi connectivity index (χ1n) is 16.3. The lowest BCUT2D eigenvalue weighted by atomic mass is 9.42. The van der Waals surface area contributed by atoms with E-state index in [1.165, 1.54) is 14.0 Å². The van der Waals surface area contributed by atoms with Crippen LogP contribution in [0.3, 0.4) is 0 Å². The highest BCUT2D eigenvalue weighted by Crippen LogP contribution is 2.80. The van der Waals surface area contributed by atoms with Crippen molar-refractivity contribution in [1.82, 2.24) is 4.90 Å². The van der Waals surface area contributed by atoms with Gasteiger partial charge in [0.2, 0.25) is 0 Å². The van der Waals surface area contributed by atoms with Crippen LogP contribution in [0.25, 0.3) is 0 Å². The van der Waals surface area contributed by atoms with E-state index in [9.17, 15) is 24.9 Å². The minimum Gasteiger partial charge on any atom is -0.455 e. The van der Waals surface area contributed by atoms with Gasteiger partial charge in [0.1, 0.15) is 23.9 Å². The van der Waals surface area contributed by atoms with Gasteiger partial charge in [-0.05, 0) is 31.0 Å². The minimum atomic E-state index is -1.83. The summed E-state index contributed by atoms with van der Waals surface area (Å²) in [5.74, 6) is -3.65. The molecule has 7 bridgehead atoms. The molecule has 5 aliphatic carbocycles. The number of methoxy groups -OCH3 is 4. The van der Waals surface area contributed by atoms with Crippen molar-refractivity contribution in [3.8, 4) is 0 Å². The number of likely N-dealkylation sites (tertiary alicyclic amines) is 1. The fourth-order valence-corrected chi connectivity index (χ4v) is 12.3. The molecule has 15 atom stereocenters. The largest absolute Gasteiger partial charge is 0.455 e. The summed E-state index contributed by atoms with van der Waals surface area (Å²) in [4.78, 5) is 29.3. The average Bonchev–Trinajstić information content (AvgIpc) is 3.41. The summed E-state index contributed by atoms with van der Waals surface area (Å²) in [5.41, 5.74) is -4.79. The molecular weight excluding hydrogens is 598 g/mol. The SMILES string of the molecule is CCN1C[C@@]2(COC)C3[C@@H](OC)C4[C@H]1C3([C@@H]1C[C@@]3(O)[C@H](OC(=O)c5ccccc5)[C@@H]1[C@]4(OC(C)=O)[C@@H](O)[C@@H]3OC)[C@H](OC)C[C@H]2O. The molecule has 7 rings (SSSR count). The second-order valence-electron chi connectivity index (χ2n) is 14.4. The predicted octanol–water partition coefficient (Wildman–Crippen LogP) is 0.648. The highest BCUT2D eigenvalue weighted by molar-refractivity contribution is 5.89. The van der Waals surface area contributed by atoms with E-state index in [1.807, 2.05) is 6.92 Å². The Balaban J connectivity index is 1.53. The molecule has 1 heterocycles. The number of esters is 2. The fourth-order valence-electron chi connectivity index (χ4n) is 12.3. The maximum atomic E-state index is 13.8. The van der Waals surface area contributed by atoms with Gasteiger partial charge in [-0.3, -0.25) is 9.69 Å². The Morgan fingerprint density at radius 3 is 2.30 bits per heavy atom. The Bertz CT molecular complexity index is 1360. The fraction of sp³-hybridized carbons (Fsp3) is 0.765. The van der Waals surface area contributed by atoms with Crippen molar-refractivity contribution in [3.05, 3.63) is 35.9 Å². The molecule has 46 heavy (non-hydrogen) atoms. The highest BCUT2D eigenvalue weighted by atomic mass is 16.6. The number of carbonyl (C=O) groups is 2. The molecule has 5 saturated carbocycles. The quantitative estimate of drug-likeness (QED) is 0.323. The van der Waals surface area contributed by atoms with Crippen LogP contribution in [0, 0.1) is 34.5 Å². The predicted molar refractivity (Wildman–Crippen MR) is 160 cm³/mol. The van der Waals surface area contributed by atoms with Crippen LogP contribution in [0.1, 0.15) is 37.0 Å². The van der Waals surface area contributed by atoms with Crippen LogP contribution in [-0.4, -0.2) is 134 Å². The van der Waals surface area contributed by atoms with E-state index in [2.05, 4.69) is 4.90 Å². The van der Waals surface area contributed by atoms with Crippen molar-refractivity contribution in [2.75, 3.05) is 48.1 Å². The summed E-state index contributed by atoms with van der Waals surface area (Å²) in [5, 5.41) is 37.3. The molecular formula is C34H47NO11. The molecule has 3 unspecified atom stereocenters. The zero-order valence-electron chi connectivity index (χ0n) is 27.3. The van der Waals surface area contributed by atoms with Gasteiger partial charge in [-0.2, -0.15) is 0 Å². The maximum absolute atomic E-state index is 13.8. The Kier molecular flexibility index (Phi) is 7.69. The molecule has 1 aromatic rings. The maximum Gasteiger partial charge on any atom is 0.338 e. The van der Waals surface area contributed by atoms with E-state index in [0.717, 1.165) is 0 Å². The van der Waals surface area contributed by atoms with Crippen molar-refractivity contribution in [1.29, 1.82) is 0 Å². The third kappa shape index (κ3) is 3.62. The van der Waals surface area contributed by atoms with Gasteiger partial charge < -0.3 is 43.7 Å². The number of benzene rings is 1. The summed E-state index contributed by atoms with van der Waals surface area (Å²) >= 11 is 0. The molecule has 1 aliphatic heterocycles. The number of hydrogen-bond acceptors (Lipinski definition) is 12. The van der Waals surface area contributed by atoms with Crippen LogP contribution in [0.2, 0.25) is 0 Å². The zero-order chi connectivity index (χ0) is 33.0. The third-order valence-electron chi connectivity index (χ3n) is 13.2. The van der Waals surface area contributed by atoms with Gasteiger partial charge >= 0.3 is 11.9 Å². The number of carbonyl (C=O) groups excluding carboxylic acids is 2. The Morgan fingerprint density at radius 2 is 1.72 bits per heavy atom. The molecule has 12 heteroatoms. The summed E-state index contributed by atoms with van der Waals surface area (Å²) in [6, 6.07) is 8.18. The summed E-state index contributed by atoms with van der Waals surface area (Å²) in [6.07, 6.45) is -5.49. The van der Waals surface area contributed by atoms with Crippen LogP contribution >= 0.6 is 0 Å². The first-order valence-corrected chi connectivity index (χ1v) is 16.3. The van der Waals surface area contributed by atoms with Gasteiger partial charge in [-0.1, -0.05) is 25.1 Å². The number of piperidine rings is 1. The Morgan fingerprint density at radius 1 is 1.00 bits per heavy atom. The zero-order valence-corrected chi connectivity index (χ0v) is 27.3. The number of fused-ring (bicyclic) bond motifs is 2. The molecule has 3 N–H and O–H groups in total. The topological polar surface area (TPSA) is 153 Å². The summed E-state index contributed by atoms with van der Waals surface area (Å²) < 4.78 is 37.4. The van der Waals surface area contributed by atoms with E-state index < -0.39 is 88.3 Å². The summed E-state index contributed by atoms with van der Waals surface area (Å²) in [6.45, 7) is 4.68. The molecule has 6 fully saturated rings. The Hall–Kier alpha value is -2.16. The average molecular weight is 646 g/mol. The number of aliphatic hydroxyl groups excluding tert-OH is 2.